The van der Waals surface area contributed by atoms with Crippen LogP contribution in [0.3, 0.4) is 0 Å². The minimum absolute atomic E-state index is 0.142. The minimum atomic E-state index is -2.22. The van der Waals surface area contributed by atoms with Gasteiger partial charge in [0.15, 0.2) is 0 Å². The fourth-order valence-corrected chi connectivity index (χ4v) is 37.4. The number of hydrogen-bond donors (Lipinski definition) is 0. The third kappa shape index (κ3) is 9.02. The topological polar surface area (TPSA) is 13.0 Å². The Morgan fingerprint density at radius 2 is 0.600 bits per heavy atom. The summed E-state index contributed by atoms with van der Waals surface area (Å²) in [5, 5.41) is 0. The van der Waals surface area contributed by atoms with Crippen LogP contribution in [0.15, 0.2) is 72.8 Å². The number of benzene rings is 4. The van der Waals surface area contributed by atoms with E-state index in [1.54, 1.807) is 0 Å². The first-order valence-corrected chi connectivity index (χ1v) is 32.6. The van der Waals surface area contributed by atoms with E-state index in [-0.39, 0.29) is 14.1 Å². The van der Waals surface area contributed by atoms with Crippen LogP contribution < -0.4 is 18.7 Å². The third-order valence-electron chi connectivity index (χ3n) is 12.7. The van der Waals surface area contributed by atoms with E-state index in [1.165, 1.54) is 67.3 Å². The van der Waals surface area contributed by atoms with Crippen LogP contribution in [0.4, 0.5) is 22.7 Å². The van der Waals surface area contributed by atoms with Gasteiger partial charge in [-0.25, -0.2) is 0 Å². The first kappa shape index (κ1) is 47.5. The van der Waals surface area contributed by atoms with E-state index in [0.29, 0.717) is 47.3 Å². The Labute approximate surface area is 381 Å². The maximum absolute atomic E-state index is 4.29. The number of anilines is 4. The van der Waals surface area contributed by atoms with E-state index in [9.17, 15) is 0 Å². The Bertz CT molecular complexity index is 1920. The van der Waals surface area contributed by atoms with Crippen molar-refractivity contribution in [3.05, 3.63) is 117 Å². The van der Waals surface area contributed by atoms with Gasteiger partial charge in [0.25, 0.3) is 0 Å². The number of hydrogen-bond acceptors (Lipinski definition) is 4. The van der Waals surface area contributed by atoms with Gasteiger partial charge >= 0.3 is 384 Å². The summed E-state index contributed by atoms with van der Waals surface area (Å²) >= 11 is 4.43. The van der Waals surface area contributed by atoms with Crippen LogP contribution in [0, 0.1) is 0 Å². The molecular formula is C52H76N4P2Se2. The average Bonchev–Trinajstić information content (AvgIpc) is 3.75. The van der Waals surface area contributed by atoms with Crippen LogP contribution in [0.5, 0.6) is 0 Å². The van der Waals surface area contributed by atoms with Crippen molar-refractivity contribution in [2.24, 2.45) is 0 Å². The van der Waals surface area contributed by atoms with Gasteiger partial charge in [-0.3, -0.25) is 0 Å². The van der Waals surface area contributed by atoms with Crippen LogP contribution in [-0.4, -0.2) is 55.3 Å². The van der Waals surface area contributed by atoms with Crippen LogP contribution in [0.2, 0.25) is 0 Å². The quantitative estimate of drug-likeness (QED) is 0.0922. The Kier molecular flexibility index (Phi) is 15.3. The number of nitrogens with zero attached hydrogens (tertiary/aromatic N) is 4. The van der Waals surface area contributed by atoms with Crippen LogP contribution in [0.25, 0.3) is 0 Å². The SMILES string of the molecule is CC(C)c1cccc(C(C)C)c1N1CCN(c2c(C(C)C)cccc2C(C)C)P1[Se]P1(=[Se])N(c2c(C(C)C)cccc2C(C)C)CCN1c1c(C(C)C)cccc1C(C)C. The van der Waals surface area contributed by atoms with Crippen LogP contribution >= 0.6 is 11.4 Å². The van der Waals surface area contributed by atoms with E-state index in [0.717, 1.165) is 26.2 Å². The molecule has 0 amide bonds. The molecular weight excluding hydrogens is 900 g/mol. The van der Waals surface area contributed by atoms with Crippen molar-refractivity contribution >= 4 is 63.3 Å². The van der Waals surface area contributed by atoms with Crippen molar-refractivity contribution in [3.8, 4) is 0 Å². The zero-order chi connectivity index (χ0) is 44.0. The van der Waals surface area contributed by atoms with Crippen molar-refractivity contribution in [2.75, 3.05) is 44.9 Å². The molecule has 2 aliphatic rings. The summed E-state index contributed by atoms with van der Waals surface area (Å²) in [6, 6.07) is 28.8. The average molecular weight is 977 g/mol. The van der Waals surface area contributed by atoms with Gasteiger partial charge in [0.2, 0.25) is 0 Å². The number of para-hydroxylation sites is 4. The summed E-state index contributed by atoms with van der Waals surface area (Å²) in [6.45, 7) is 41.8. The predicted molar refractivity (Wildman–Crippen MR) is 273 cm³/mol. The zero-order valence-electron chi connectivity index (χ0n) is 39.9. The van der Waals surface area contributed by atoms with Crippen molar-refractivity contribution < 1.29 is 0 Å². The van der Waals surface area contributed by atoms with Crippen molar-refractivity contribution in [2.45, 2.75) is 158 Å². The van der Waals surface area contributed by atoms with Gasteiger partial charge in [-0.1, -0.05) is 0 Å². The summed E-state index contributed by atoms with van der Waals surface area (Å²) in [6.07, 6.45) is 0. The molecule has 0 bridgehead atoms. The monoisotopic (exact) mass is 978 g/mol. The summed E-state index contributed by atoms with van der Waals surface area (Å²) in [5.74, 6) is 3.41. The molecule has 2 heterocycles. The molecule has 2 saturated heterocycles. The molecule has 0 spiro atoms. The molecule has 0 unspecified atom stereocenters. The van der Waals surface area contributed by atoms with Gasteiger partial charge < -0.3 is 0 Å². The fourth-order valence-electron chi connectivity index (χ4n) is 9.45. The molecule has 6 rings (SSSR count). The molecule has 0 radical (unpaired) electrons. The Morgan fingerprint density at radius 1 is 0.383 bits per heavy atom. The molecule has 0 saturated carbocycles. The van der Waals surface area contributed by atoms with Gasteiger partial charge in [-0.15, -0.1) is 0 Å². The van der Waals surface area contributed by atoms with Gasteiger partial charge in [0, 0.05) is 0 Å². The second-order valence-electron chi connectivity index (χ2n) is 19.7. The van der Waals surface area contributed by atoms with Crippen molar-refractivity contribution in [1.82, 2.24) is 0 Å². The summed E-state index contributed by atoms with van der Waals surface area (Å²) in [7, 11) is 0. The fraction of sp³-hybridized carbons (Fsp3) is 0.538. The summed E-state index contributed by atoms with van der Waals surface area (Å²) in [4.78, 5) is 0. The van der Waals surface area contributed by atoms with Gasteiger partial charge in [0.05, 0.1) is 0 Å². The van der Waals surface area contributed by atoms with Crippen molar-refractivity contribution in [3.63, 3.8) is 0 Å². The standard InChI is InChI=1S/C52H76N4P2Se2/c1-33(2)41-21-17-22-42(34(3)4)49(41)53-29-30-54(50-43(35(5)6)23-18-24-44(50)36(7)8)57(53)60-58(59)55(51-45(37(9)10)25-19-26-46(51)38(11)12)31-32-56(58)52-47(39(13)14)27-20-28-48(52)40(15)16/h17-28,33-40H,29-32H2,1-16H3. The molecule has 8 heteroatoms. The van der Waals surface area contributed by atoms with E-state index < -0.39 is 11.4 Å². The van der Waals surface area contributed by atoms with Crippen LogP contribution in [-0.2, 0) is 0 Å². The third-order valence-corrected chi connectivity index (χ3v) is 38.5. The summed E-state index contributed by atoms with van der Waals surface area (Å²) in [5.41, 5.74) is 18.0. The number of rotatable bonds is 14. The molecule has 60 heavy (non-hydrogen) atoms. The molecule has 0 atom stereocenters. The van der Waals surface area contributed by atoms with E-state index >= 15 is 0 Å². The first-order valence-electron chi connectivity index (χ1n) is 23.0. The Morgan fingerprint density at radius 3 is 0.817 bits per heavy atom. The molecule has 0 aliphatic carbocycles. The van der Waals surface area contributed by atoms with Gasteiger partial charge in [-0.2, -0.15) is 0 Å². The molecule has 4 aromatic carbocycles. The molecule has 2 fully saturated rings. The second kappa shape index (κ2) is 19.4. The Hall–Kier alpha value is -2.02. The van der Waals surface area contributed by atoms with E-state index in [4.69, 9.17) is 0 Å². The van der Waals surface area contributed by atoms with E-state index in [2.05, 4.69) is 217 Å². The maximum atomic E-state index is 4.29. The van der Waals surface area contributed by atoms with Gasteiger partial charge in [0.1, 0.15) is 0 Å². The Balaban J connectivity index is 1.72. The molecule has 0 N–H and O–H groups in total. The van der Waals surface area contributed by atoms with Crippen LogP contribution in [0.1, 0.15) is 203 Å². The second-order valence-corrected chi connectivity index (χ2v) is 38.8. The normalized spacial score (nSPS) is 16.3. The molecule has 326 valence electrons. The first-order chi connectivity index (χ1) is 28.3. The molecule has 4 aromatic rings. The van der Waals surface area contributed by atoms with Crippen molar-refractivity contribution in [1.29, 1.82) is 0 Å². The summed E-state index contributed by atoms with van der Waals surface area (Å²) < 4.78 is 9.77. The van der Waals surface area contributed by atoms with Gasteiger partial charge in [-0.05, 0) is 0 Å². The van der Waals surface area contributed by atoms with E-state index in [1.807, 2.05) is 0 Å². The molecule has 0 aromatic heterocycles. The molecule has 4 nitrogen and oxygen atoms in total. The molecule has 2 aliphatic heterocycles. The zero-order valence-corrected chi connectivity index (χ0v) is 45.1. The predicted octanol–water partition coefficient (Wildman–Crippen LogP) is 15.8.